The normalized spacial score (nSPS) is 48.8. The highest BCUT2D eigenvalue weighted by Gasteiger charge is 2.82. The van der Waals surface area contributed by atoms with Gasteiger partial charge in [-0.15, -0.1) is 0 Å². The van der Waals surface area contributed by atoms with Crippen LogP contribution in [-0.4, -0.2) is 5.78 Å². The van der Waals surface area contributed by atoms with Crippen molar-refractivity contribution in [1.29, 1.82) is 0 Å². The van der Waals surface area contributed by atoms with Crippen LogP contribution in [0.25, 0.3) is 0 Å². The van der Waals surface area contributed by atoms with E-state index in [1.807, 2.05) is 0 Å². The molecule has 5 saturated carbocycles. The fourth-order valence-corrected chi connectivity index (χ4v) is 11.1. The lowest BCUT2D eigenvalue weighted by atomic mass is 9.42. The van der Waals surface area contributed by atoms with Crippen LogP contribution >= 0.6 is 0 Å². The third-order valence-electron chi connectivity index (χ3n) is 14.0. The highest BCUT2D eigenvalue weighted by molar-refractivity contribution is 5.86. The molecule has 1 heteroatoms. The number of rotatable bonds is 5. The highest BCUT2D eigenvalue weighted by atomic mass is 16.1. The zero-order valence-electron chi connectivity index (χ0n) is 23.2. The summed E-state index contributed by atoms with van der Waals surface area (Å²) in [5.74, 6) is 3.78. The Morgan fingerprint density at radius 2 is 1.61 bits per heavy atom. The Hall–Kier alpha value is -0.590. The number of carbonyl (C=O) groups is 1. The van der Waals surface area contributed by atoms with Crippen LogP contribution in [-0.2, 0) is 4.79 Å². The Balaban J connectivity index is 1.39. The van der Waals surface area contributed by atoms with Crippen LogP contribution in [0.5, 0.6) is 0 Å². The topological polar surface area (TPSA) is 17.1 Å². The second-order valence-electron chi connectivity index (χ2n) is 15.5. The summed E-state index contributed by atoms with van der Waals surface area (Å²) in [6.45, 7) is 23.9. The summed E-state index contributed by atoms with van der Waals surface area (Å²) in [5, 5.41) is 0. The second-order valence-corrected chi connectivity index (χ2v) is 15.5. The second kappa shape index (κ2) is 7.00. The van der Waals surface area contributed by atoms with Gasteiger partial charge in [-0.2, -0.15) is 0 Å². The van der Waals surface area contributed by atoms with Crippen molar-refractivity contribution in [2.45, 2.75) is 126 Å². The van der Waals surface area contributed by atoms with Crippen LogP contribution in [0.1, 0.15) is 126 Å². The van der Waals surface area contributed by atoms with Gasteiger partial charge in [0.25, 0.3) is 0 Å². The summed E-state index contributed by atoms with van der Waals surface area (Å²) in [6.07, 6.45) is 14.6. The van der Waals surface area contributed by atoms with E-state index in [9.17, 15) is 4.79 Å². The summed E-state index contributed by atoms with van der Waals surface area (Å²) < 4.78 is 0. The van der Waals surface area contributed by atoms with E-state index >= 15 is 0 Å². The molecular formula is C32H52O. The van der Waals surface area contributed by atoms with Crippen molar-refractivity contribution in [3.8, 4) is 0 Å². The largest absolute Gasteiger partial charge is 0.299 e. The standard InChI is InChI=1S/C32H52O/c1-21(2)27(4,5)15-12-22(3)23-13-16-30(9)25-11-10-24-28(6,7)26(33)14-17-31(24)20-32(25,31)19-18-29(23,30)8/h22-25H,1,10-20H2,2-9H3. The molecule has 0 aromatic heterocycles. The Morgan fingerprint density at radius 1 is 0.970 bits per heavy atom. The van der Waals surface area contributed by atoms with Gasteiger partial charge < -0.3 is 0 Å². The molecule has 1 nitrogen and oxygen atoms in total. The number of allylic oxidation sites excluding steroid dienone is 1. The maximum Gasteiger partial charge on any atom is 0.138 e. The first-order valence-corrected chi connectivity index (χ1v) is 14.4. The molecule has 5 aliphatic carbocycles. The molecule has 0 amide bonds. The monoisotopic (exact) mass is 452 g/mol. The van der Waals surface area contributed by atoms with Crippen LogP contribution < -0.4 is 0 Å². The summed E-state index contributed by atoms with van der Waals surface area (Å²) in [5.41, 5.74) is 3.58. The van der Waals surface area contributed by atoms with Gasteiger partial charge in [0.2, 0.25) is 0 Å². The molecule has 0 N–H and O–H groups in total. The summed E-state index contributed by atoms with van der Waals surface area (Å²) in [4.78, 5) is 12.9. The van der Waals surface area contributed by atoms with Crippen molar-refractivity contribution in [2.75, 3.05) is 0 Å². The van der Waals surface area contributed by atoms with Crippen LogP contribution in [0.2, 0.25) is 0 Å². The lowest BCUT2D eigenvalue weighted by Gasteiger charge is -2.62. The molecular weight excluding hydrogens is 400 g/mol. The Morgan fingerprint density at radius 3 is 2.27 bits per heavy atom. The number of Topliss-reactive ketones (excluding diaryl/α,β-unsaturated/α-hetero) is 1. The van der Waals surface area contributed by atoms with Crippen molar-refractivity contribution in [3.63, 3.8) is 0 Å². The van der Waals surface area contributed by atoms with Crippen LogP contribution in [0.15, 0.2) is 12.2 Å². The zero-order valence-corrected chi connectivity index (χ0v) is 23.2. The summed E-state index contributed by atoms with van der Waals surface area (Å²) in [6, 6.07) is 0. The van der Waals surface area contributed by atoms with Crippen LogP contribution in [0.3, 0.4) is 0 Å². The molecule has 0 aromatic rings. The molecule has 5 aliphatic rings. The van der Waals surface area contributed by atoms with E-state index in [2.05, 4.69) is 62.0 Å². The third kappa shape index (κ3) is 2.86. The first-order chi connectivity index (χ1) is 15.2. The van der Waals surface area contributed by atoms with Gasteiger partial charge in [0.15, 0.2) is 0 Å². The maximum absolute atomic E-state index is 12.9. The number of hydrogen-bond donors (Lipinski definition) is 0. The molecule has 0 aliphatic heterocycles. The van der Waals surface area contributed by atoms with E-state index in [0.717, 1.165) is 24.2 Å². The molecule has 8 atom stereocenters. The molecule has 0 radical (unpaired) electrons. The van der Waals surface area contributed by atoms with Gasteiger partial charge in [0.1, 0.15) is 5.78 Å². The Bertz CT molecular complexity index is 864. The van der Waals surface area contributed by atoms with E-state index in [1.165, 1.54) is 69.8 Å². The SMILES string of the molecule is C=C(C)C(C)(C)CCC(C)C1CCC2(C)C3CCC4C(C)(C)C(=O)CCC45CC35CCC12C. The van der Waals surface area contributed by atoms with Gasteiger partial charge in [-0.3, -0.25) is 4.79 Å². The van der Waals surface area contributed by atoms with Gasteiger partial charge in [0.05, 0.1) is 0 Å². The average Bonchev–Trinajstić information content (AvgIpc) is 3.32. The molecule has 0 bridgehead atoms. The predicted octanol–water partition coefficient (Wildman–Crippen LogP) is 9.01. The molecule has 5 fully saturated rings. The van der Waals surface area contributed by atoms with Gasteiger partial charge in [0, 0.05) is 11.8 Å². The molecule has 0 aromatic carbocycles. The summed E-state index contributed by atoms with van der Waals surface area (Å²) >= 11 is 0. The number of ketones is 1. The van der Waals surface area contributed by atoms with Gasteiger partial charge in [-0.05, 0) is 122 Å². The molecule has 8 unspecified atom stereocenters. The molecule has 5 rings (SSSR count). The molecule has 0 heterocycles. The maximum atomic E-state index is 12.9. The van der Waals surface area contributed by atoms with Gasteiger partial charge >= 0.3 is 0 Å². The highest BCUT2D eigenvalue weighted by Crippen LogP contribution is 2.88. The van der Waals surface area contributed by atoms with Crippen molar-refractivity contribution in [1.82, 2.24) is 0 Å². The third-order valence-corrected chi connectivity index (χ3v) is 14.0. The predicted molar refractivity (Wildman–Crippen MR) is 139 cm³/mol. The van der Waals surface area contributed by atoms with Crippen molar-refractivity contribution in [3.05, 3.63) is 12.2 Å². The molecule has 33 heavy (non-hydrogen) atoms. The quantitative estimate of drug-likeness (QED) is 0.380. The fourth-order valence-electron chi connectivity index (χ4n) is 11.1. The van der Waals surface area contributed by atoms with Gasteiger partial charge in [-0.25, -0.2) is 0 Å². The lowest BCUT2D eigenvalue weighted by Crippen LogP contribution is -2.57. The van der Waals surface area contributed by atoms with E-state index < -0.39 is 0 Å². The Labute approximate surface area is 204 Å². The molecule has 2 spiro atoms. The first kappa shape index (κ1) is 24.1. The Kier molecular flexibility index (Phi) is 5.12. The molecule has 186 valence electrons. The lowest BCUT2D eigenvalue weighted by molar-refractivity contribution is -0.157. The van der Waals surface area contributed by atoms with E-state index in [1.54, 1.807) is 0 Å². The summed E-state index contributed by atoms with van der Waals surface area (Å²) in [7, 11) is 0. The van der Waals surface area contributed by atoms with Crippen molar-refractivity contribution < 1.29 is 4.79 Å². The van der Waals surface area contributed by atoms with Crippen LogP contribution in [0.4, 0.5) is 0 Å². The minimum atomic E-state index is -0.0861. The zero-order chi connectivity index (χ0) is 24.2. The van der Waals surface area contributed by atoms with Gasteiger partial charge in [-0.1, -0.05) is 60.6 Å². The minimum Gasteiger partial charge on any atom is -0.299 e. The number of hydrogen-bond acceptors (Lipinski definition) is 1. The van der Waals surface area contributed by atoms with E-state index in [4.69, 9.17) is 0 Å². The van der Waals surface area contributed by atoms with Crippen molar-refractivity contribution >= 4 is 5.78 Å². The fraction of sp³-hybridized carbons (Fsp3) is 0.906. The number of carbonyl (C=O) groups excluding carboxylic acids is 1. The smallest absolute Gasteiger partial charge is 0.138 e. The van der Waals surface area contributed by atoms with E-state index in [0.29, 0.717) is 33.4 Å². The first-order valence-electron chi connectivity index (χ1n) is 14.4. The minimum absolute atomic E-state index is 0.0861. The van der Waals surface area contributed by atoms with Crippen molar-refractivity contribution in [2.24, 2.45) is 56.2 Å². The van der Waals surface area contributed by atoms with E-state index in [-0.39, 0.29) is 10.8 Å². The van der Waals surface area contributed by atoms with Crippen LogP contribution in [0, 0.1) is 56.2 Å². The number of fused-ring (bicyclic) bond motifs is 2. The average molecular weight is 453 g/mol. The molecule has 0 saturated heterocycles.